The first-order chi connectivity index (χ1) is 11.5. The Kier molecular flexibility index (Phi) is 4.52. The van der Waals surface area contributed by atoms with E-state index in [9.17, 15) is 5.11 Å². The largest absolute Gasteiger partial charge is 0.366 e. The van der Waals surface area contributed by atoms with E-state index in [0.717, 1.165) is 16.7 Å². The van der Waals surface area contributed by atoms with Gasteiger partial charge in [-0.3, -0.25) is 0 Å². The molecule has 0 bridgehead atoms. The van der Waals surface area contributed by atoms with Crippen LogP contribution in [0, 0.1) is 0 Å². The zero-order valence-electron chi connectivity index (χ0n) is 14.0. The third-order valence-electron chi connectivity index (χ3n) is 3.94. The predicted octanol–water partition coefficient (Wildman–Crippen LogP) is 4.72. The number of rotatable bonds is 5. The first-order valence-corrected chi connectivity index (χ1v) is 8.11. The van der Waals surface area contributed by atoms with E-state index in [-0.39, 0.29) is 0 Å². The maximum absolute atomic E-state index is 10.5. The molecular weight excluding hydrogens is 296 g/mol. The molecule has 0 saturated carbocycles. The Balaban J connectivity index is 2.33. The summed E-state index contributed by atoms with van der Waals surface area (Å²) in [5.74, 6) is -1.30. The fraction of sp³-hybridized carbons (Fsp3) is 0.182. The van der Waals surface area contributed by atoms with Gasteiger partial charge in [0.2, 0.25) is 0 Å². The van der Waals surface area contributed by atoms with E-state index < -0.39 is 11.4 Å². The Bertz CT molecular complexity index is 663. The maximum Gasteiger partial charge on any atom is 0.161 e. The summed E-state index contributed by atoms with van der Waals surface area (Å²) in [6, 6.07) is 30.1. The molecule has 122 valence electrons. The molecule has 0 amide bonds. The van der Waals surface area contributed by atoms with Crippen LogP contribution >= 0.6 is 0 Å². The molecular formula is C22H22O2. The minimum absolute atomic E-state index is 0.887. The lowest BCUT2D eigenvalue weighted by Gasteiger charge is -2.40. The lowest BCUT2D eigenvalue weighted by Crippen LogP contribution is -2.41. The zero-order chi connectivity index (χ0) is 17.0. The minimum atomic E-state index is -1.30. The predicted molar refractivity (Wildman–Crippen MR) is 96.6 cm³/mol. The van der Waals surface area contributed by atoms with Gasteiger partial charge in [-0.2, -0.15) is 0 Å². The summed E-state index contributed by atoms with van der Waals surface area (Å²) in [6.45, 7) is 3.33. The summed E-state index contributed by atoms with van der Waals surface area (Å²) in [5, 5.41) is 10.5. The van der Waals surface area contributed by atoms with Crippen molar-refractivity contribution in [2.75, 3.05) is 0 Å². The highest BCUT2D eigenvalue weighted by Gasteiger charge is 2.41. The van der Waals surface area contributed by atoms with Crippen LogP contribution in [-0.4, -0.2) is 10.9 Å². The SMILES string of the molecule is CC(C)(O)OC(c1ccccc1)(c1ccccc1)c1ccccc1. The molecule has 3 aromatic carbocycles. The monoisotopic (exact) mass is 318 g/mol. The van der Waals surface area contributed by atoms with Crippen molar-refractivity contribution >= 4 is 0 Å². The van der Waals surface area contributed by atoms with E-state index in [1.54, 1.807) is 13.8 Å². The van der Waals surface area contributed by atoms with E-state index in [2.05, 4.69) is 0 Å². The molecule has 0 radical (unpaired) electrons. The summed E-state index contributed by atoms with van der Waals surface area (Å²) in [4.78, 5) is 0. The zero-order valence-corrected chi connectivity index (χ0v) is 14.0. The molecule has 3 aromatic rings. The summed E-state index contributed by atoms with van der Waals surface area (Å²) in [5.41, 5.74) is 2.04. The summed E-state index contributed by atoms with van der Waals surface area (Å²) in [7, 11) is 0. The molecule has 1 N–H and O–H groups in total. The van der Waals surface area contributed by atoms with Crippen molar-refractivity contribution in [2.24, 2.45) is 0 Å². The van der Waals surface area contributed by atoms with Gasteiger partial charge in [0.05, 0.1) is 0 Å². The molecule has 0 aliphatic carbocycles. The number of ether oxygens (including phenoxy) is 1. The summed E-state index contributed by atoms with van der Waals surface area (Å²) in [6.07, 6.45) is 0. The van der Waals surface area contributed by atoms with Gasteiger partial charge in [0.1, 0.15) is 5.60 Å². The van der Waals surface area contributed by atoms with Crippen LogP contribution in [0.25, 0.3) is 0 Å². The molecule has 0 aromatic heterocycles. The van der Waals surface area contributed by atoms with Gasteiger partial charge in [0, 0.05) is 0 Å². The molecule has 0 aliphatic heterocycles. The van der Waals surface area contributed by atoms with Crippen molar-refractivity contribution in [3.63, 3.8) is 0 Å². The highest BCUT2D eigenvalue weighted by atomic mass is 16.6. The highest BCUT2D eigenvalue weighted by Crippen LogP contribution is 2.42. The fourth-order valence-corrected chi connectivity index (χ4v) is 3.07. The molecule has 24 heavy (non-hydrogen) atoms. The van der Waals surface area contributed by atoms with Gasteiger partial charge < -0.3 is 9.84 Å². The molecule has 0 heterocycles. The van der Waals surface area contributed by atoms with Gasteiger partial charge in [-0.25, -0.2) is 0 Å². The van der Waals surface area contributed by atoms with Crippen LogP contribution in [0.4, 0.5) is 0 Å². The Morgan fingerprint density at radius 1 is 0.583 bits per heavy atom. The molecule has 0 saturated heterocycles. The van der Waals surface area contributed by atoms with Gasteiger partial charge >= 0.3 is 0 Å². The molecule has 0 aliphatic rings. The van der Waals surface area contributed by atoms with Crippen LogP contribution in [-0.2, 0) is 10.3 Å². The van der Waals surface area contributed by atoms with Crippen molar-refractivity contribution < 1.29 is 9.84 Å². The second-order valence-corrected chi connectivity index (χ2v) is 6.33. The minimum Gasteiger partial charge on any atom is -0.366 e. The lowest BCUT2D eigenvalue weighted by molar-refractivity contribution is -0.225. The molecule has 2 heteroatoms. The molecule has 0 fully saturated rings. The maximum atomic E-state index is 10.5. The fourth-order valence-electron chi connectivity index (χ4n) is 3.07. The van der Waals surface area contributed by atoms with Crippen molar-refractivity contribution in [1.29, 1.82) is 0 Å². The summed E-state index contributed by atoms with van der Waals surface area (Å²) < 4.78 is 6.34. The van der Waals surface area contributed by atoms with Crippen LogP contribution < -0.4 is 0 Å². The van der Waals surface area contributed by atoms with E-state index in [4.69, 9.17) is 4.74 Å². The van der Waals surface area contributed by atoms with Crippen LogP contribution in [0.3, 0.4) is 0 Å². The standard InChI is InChI=1S/C22H22O2/c1-21(2,23)24-22(18-12-6-3-7-13-18,19-14-8-4-9-15-19)20-16-10-5-11-17-20/h3-17,23H,1-2H3. The Morgan fingerprint density at radius 2 is 0.875 bits per heavy atom. The second kappa shape index (κ2) is 6.60. The van der Waals surface area contributed by atoms with Crippen LogP contribution in [0.5, 0.6) is 0 Å². The average Bonchev–Trinajstić information content (AvgIpc) is 2.61. The number of benzene rings is 3. The average molecular weight is 318 g/mol. The molecule has 0 atom stereocenters. The van der Waals surface area contributed by atoms with Gasteiger partial charge in [0.15, 0.2) is 5.79 Å². The van der Waals surface area contributed by atoms with Crippen LogP contribution in [0.1, 0.15) is 30.5 Å². The van der Waals surface area contributed by atoms with E-state index in [0.29, 0.717) is 0 Å². The second-order valence-electron chi connectivity index (χ2n) is 6.33. The van der Waals surface area contributed by atoms with Crippen molar-refractivity contribution in [2.45, 2.75) is 25.2 Å². The topological polar surface area (TPSA) is 29.5 Å². The van der Waals surface area contributed by atoms with Crippen LogP contribution in [0.2, 0.25) is 0 Å². The number of aliphatic hydroxyl groups is 1. The smallest absolute Gasteiger partial charge is 0.161 e. The molecule has 2 nitrogen and oxygen atoms in total. The first kappa shape index (κ1) is 16.4. The van der Waals surface area contributed by atoms with E-state index in [1.165, 1.54) is 0 Å². The quantitative estimate of drug-likeness (QED) is 0.544. The van der Waals surface area contributed by atoms with Crippen molar-refractivity contribution in [3.8, 4) is 0 Å². The molecule has 0 spiro atoms. The third kappa shape index (κ3) is 3.25. The number of hydrogen-bond acceptors (Lipinski definition) is 2. The van der Waals surface area contributed by atoms with Crippen molar-refractivity contribution in [3.05, 3.63) is 108 Å². The van der Waals surface area contributed by atoms with Gasteiger partial charge in [0.25, 0.3) is 0 Å². The Hall–Kier alpha value is -2.42. The van der Waals surface area contributed by atoms with E-state index in [1.807, 2.05) is 91.0 Å². The Labute approximate surface area is 143 Å². The third-order valence-corrected chi connectivity index (χ3v) is 3.94. The van der Waals surface area contributed by atoms with E-state index >= 15 is 0 Å². The number of hydrogen-bond donors (Lipinski definition) is 1. The molecule has 0 unspecified atom stereocenters. The first-order valence-electron chi connectivity index (χ1n) is 8.11. The van der Waals surface area contributed by atoms with Gasteiger partial charge in [-0.1, -0.05) is 91.0 Å². The molecule has 3 rings (SSSR count). The van der Waals surface area contributed by atoms with Crippen molar-refractivity contribution in [1.82, 2.24) is 0 Å². The van der Waals surface area contributed by atoms with Gasteiger partial charge in [-0.05, 0) is 30.5 Å². The van der Waals surface area contributed by atoms with Gasteiger partial charge in [-0.15, -0.1) is 0 Å². The normalized spacial score (nSPS) is 12.1. The lowest BCUT2D eigenvalue weighted by atomic mass is 9.80. The summed E-state index contributed by atoms with van der Waals surface area (Å²) >= 11 is 0. The van der Waals surface area contributed by atoms with Crippen LogP contribution in [0.15, 0.2) is 91.0 Å². The Morgan fingerprint density at radius 3 is 1.12 bits per heavy atom. The highest BCUT2D eigenvalue weighted by molar-refractivity contribution is 5.47.